The minimum Gasteiger partial charge on any atom is -0.456 e. The summed E-state index contributed by atoms with van der Waals surface area (Å²) in [5.41, 5.74) is 30.4. The molecule has 6 heteroatoms. The molecule has 0 aliphatic heterocycles. The fourth-order valence-corrected chi connectivity index (χ4v) is 17.4. The van der Waals surface area contributed by atoms with Crippen LogP contribution in [0.1, 0.15) is 0 Å². The van der Waals surface area contributed by atoms with Crippen molar-refractivity contribution in [1.82, 2.24) is 13.7 Å². The predicted molar refractivity (Wildman–Crippen MR) is 477 cm³/mol. The molecule has 0 amide bonds. The molecule has 0 N–H and O–H groups in total. The lowest BCUT2D eigenvalue weighted by Crippen LogP contribution is -1.94. The van der Waals surface area contributed by atoms with Crippen LogP contribution >= 0.6 is 0 Å². The second-order valence-corrected chi connectivity index (χ2v) is 29.4. The Hall–Kier alpha value is -15.2. The van der Waals surface area contributed by atoms with Crippen LogP contribution in [0.3, 0.4) is 0 Å². The molecule has 18 aromatic carbocycles. The predicted octanol–water partition coefficient (Wildman–Crippen LogP) is 30.1. The Morgan fingerprint density at radius 2 is 0.421 bits per heavy atom. The van der Waals surface area contributed by atoms with Gasteiger partial charge in [0.25, 0.3) is 0 Å². The largest absolute Gasteiger partial charge is 0.456 e. The van der Waals surface area contributed by atoms with Gasteiger partial charge in [-0.1, -0.05) is 309 Å². The summed E-state index contributed by atoms with van der Waals surface area (Å²) in [6, 6.07) is 149. The number of benzene rings is 18. The zero-order valence-electron chi connectivity index (χ0n) is 61.9. The number of furan rings is 3. The Kier molecular flexibility index (Phi) is 15.8. The number of nitrogens with zero attached hydrogens (tertiary/aromatic N) is 3. The summed E-state index contributed by atoms with van der Waals surface area (Å²) in [6.07, 6.45) is 0. The van der Waals surface area contributed by atoms with Gasteiger partial charge in [-0.25, -0.2) is 0 Å². The third-order valence-corrected chi connectivity index (χ3v) is 22.9. The van der Waals surface area contributed by atoms with Gasteiger partial charge in [0, 0.05) is 92.8 Å². The van der Waals surface area contributed by atoms with Crippen molar-refractivity contribution >= 4 is 131 Å². The van der Waals surface area contributed by atoms with Crippen molar-refractivity contribution in [3.63, 3.8) is 0 Å². The maximum absolute atomic E-state index is 6.37. The molecule has 114 heavy (non-hydrogen) atoms. The normalized spacial score (nSPS) is 11.7. The fourth-order valence-electron chi connectivity index (χ4n) is 17.4. The van der Waals surface area contributed by atoms with Gasteiger partial charge in [0.05, 0.1) is 33.1 Å². The van der Waals surface area contributed by atoms with Gasteiger partial charge in [-0.05, 0) is 165 Å². The standard InChI is InChI=1S/3C36H23NO/c1-2-9-24(10-3-1)25-17-20-27(21-18-25)37-33-15-6-4-11-29(33)30-22-19-26(23-34(30)37)28-13-8-14-32-31-12-5-7-16-35(31)38-36(28)32;1-2-9-24(10-3-1)25-17-20-27(21-18-25)37-33-15-6-4-11-29(33)32-23-26(19-22-34(32)37)28-13-8-14-31-30-12-5-7-16-35(30)38-36(28)31;1-2-8-24(9-3-1)25-14-18-28(19-15-25)37-33-12-6-4-10-29(33)30-20-16-27(23-34(30)37)26-17-21-36-32(22-26)31-11-5-7-13-35(31)38-36/h3*1-23H. The first-order chi connectivity index (χ1) is 56.5. The van der Waals surface area contributed by atoms with Gasteiger partial charge in [0.15, 0.2) is 0 Å². The van der Waals surface area contributed by atoms with E-state index in [9.17, 15) is 0 Å². The average molecular weight is 1460 g/mol. The molecule has 0 fully saturated rings. The van der Waals surface area contributed by atoms with E-state index in [0.717, 1.165) is 105 Å². The molecule has 0 radical (unpaired) electrons. The Morgan fingerprint density at radius 3 is 0.886 bits per heavy atom. The monoisotopic (exact) mass is 1460 g/mol. The van der Waals surface area contributed by atoms with Gasteiger partial charge in [0.2, 0.25) is 0 Å². The second-order valence-electron chi connectivity index (χ2n) is 29.4. The van der Waals surface area contributed by atoms with Gasteiger partial charge < -0.3 is 27.0 Å². The molecule has 6 nitrogen and oxygen atoms in total. The van der Waals surface area contributed by atoms with E-state index in [1.165, 1.54) is 110 Å². The number of hydrogen-bond donors (Lipinski definition) is 0. The molecule has 0 unspecified atom stereocenters. The van der Waals surface area contributed by atoms with Crippen LogP contribution in [0.25, 0.3) is 215 Å². The van der Waals surface area contributed by atoms with E-state index in [1.54, 1.807) is 0 Å². The molecular formula is C108H69N3O3. The van der Waals surface area contributed by atoms with Gasteiger partial charge in [-0.3, -0.25) is 0 Å². The molecule has 534 valence electrons. The number of fused-ring (bicyclic) bond motifs is 18. The summed E-state index contributed by atoms with van der Waals surface area (Å²) >= 11 is 0. The third-order valence-electron chi connectivity index (χ3n) is 22.9. The van der Waals surface area contributed by atoms with Gasteiger partial charge in [-0.15, -0.1) is 0 Å². The third kappa shape index (κ3) is 11.3. The molecule has 6 heterocycles. The lowest BCUT2D eigenvalue weighted by Gasteiger charge is -2.10. The Balaban J connectivity index is 0.000000104. The molecular weight excluding hydrogens is 1390 g/mol. The summed E-state index contributed by atoms with van der Waals surface area (Å²) in [6.45, 7) is 0. The molecule has 6 aromatic heterocycles. The lowest BCUT2D eigenvalue weighted by molar-refractivity contribution is 0.669. The summed E-state index contributed by atoms with van der Waals surface area (Å²) in [5.74, 6) is 0. The SMILES string of the molecule is c1ccc(-c2ccc(-n3c4ccccc4c4cc(-c5cccc6c5oc5ccccc56)ccc43)cc2)cc1.c1ccc(-c2ccc(-n3c4ccccc4c4ccc(-c5ccc6oc7ccccc7c6c5)cc43)cc2)cc1.c1ccc(-c2ccc(-n3c4ccccc4c4ccc(-c5cccc6c5oc5ccccc56)cc43)cc2)cc1. The maximum Gasteiger partial charge on any atom is 0.143 e. The molecule has 0 spiro atoms. The van der Waals surface area contributed by atoms with Crippen molar-refractivity contribution in [2.24, 2.45) is 0 Å². The average Bonchev–Trinajstić information content (AvgIpc) is 1.59. The fraction of sp³-hybridized carbons (Fsp3) is 0. The van der Waals surface area contributed by atoms with E-state index >= 15 is 0 Å². The van der Waals surface area contributed by atoms with E-state index in [2.05, 4.69) is 396 Å². The van der Waals surface area contributed by atoms with Crippen molar-refractivity contribution < 1.29 is 13.3 Å². The van der Waals surface area contributed by atoms with Crippen LogP contribution in [-0.2, 0) is 0 Å². The van der Waals surface area contributed by atoms with Crippen LogP contribution in [0.2, 0.25) is 0 Å². The van der Waals surface area contributed by atoms with E-state index in [0.29, 0.717) is 0 Å². The molecule has 0 saturated heterocycles. The smallest absolute Gasteiger partial charge is 0.143 e. The zero-order valence-corrected chi connectivity index (χ0v) is 61.9. The highest BCUT2D eigenvalue weighted by molar-refractivity contribution is 6.16. The summed E-state index contributed by atoms with van der Waals surface area (Å²) in [7, 11) is 0. The molecule has 0 saturated carbocycles. The van der Waals surface area contributed by atoms with E-state index < -0.39 is 0 Å². The molecule has 0 aliphatic rings. The van der Waals surface area contributed by atoms with Crippen LogP contribution in [0.15, 0.2) is 432 Å². The van der Waals surface area contributed by atoms with Gasteiger partial charge in [-0.2, -0.15) is 0 Å². The number of aromatic nitrogens is 3. The van der Waals surface area contributed by atoms with Gasteiger partial charge >= 0.3 is 0 Å². The van der Waals surface area contributed by atoms with Crippen LogP contribution in [-0.4, -0.2) is 13.7 Å². The first-order valence-corrected chi connectivity index (χ1v) is 38.8. The number of rotatable bonds is 9. The first kappa shape index (κ1) is 65.8. The zero-order chi connectivity index (χ0) is 75.2. The van der Waals surface area contributed by atoms with E-state index in [-0.39, 0.29) is 0 Å². The van der Waals surface area contributed by atoms with Crippen LogP contribution < -0.4 is 0 Å². The topological polar surface area (TPSA) is 54.2 Å². The Morgan fingerprint density at radius 1 is 0.140 bits per heavy atom. The minimum atomic E-state index is 0.920. The molecule has 0 bridgehead atoms. The molecule has 24 aromatic rings. The van der Waals surface area contributed by atoms with Crippen molar-refractivity contribution in [2.45, 2.75) is 0 Å². The van der Waals surface area contributed by atoms with Crippen LogP contribution in [0, 0.1) is 0 Å². The van der Waals surface area contributed by atoms with E-state index in [4.69, 9.17) is 13.3 Å². The van der Waals surface area contributed by atoms with Crippen LogP contribution in [0.4, 0.5) is 0 Å². The summed E-state index contributed by atoms with van der Waals surface area (Å²) < 4.78 is 25.9. The summed E-state index contributed by atoms with van der Waals surface area (Å²) in [4.78, 5) is 0. The molecule has 24 rings (SSSR count). The molecule has 0 atom stereocenters. The van der Waals surface area contributed by atoms with Crippen molar-refractivity contribution in [3.8, 4) is 83.8 Å². The highest BCUT2D eigenvalue weighted by atomic mass is 16.3. The van der Waals surface area contributed by atoms with Gasteiger partial charge in [0.1, 0.15) is 33.5 Å². The Bertz CT molecular complexity index is 7790. The maximum atomic E-state index is 6.37. The highest BCUT2D eigenvalue weighted by Crippen LogP contribution is 2.44. The second kappa shape index (κ2) is 27.4. The highest BCUT2D eigenvalue weighted by Gasteiger charge is 2.21. The Labute approximate surface area is 656 Å². The quantitative estimate of drug-likeness (QED) is 0.145. The number of para-hydroxylation sites is 8. The minimum absolute atomic E-state index is 0.920. The van der Waals surface area contributed by atoms with Crippen molar-refractivity contribution in [1.29, 1.82) is 0 Å². The number of hydrogen-bond acceptors (Lipinski definition) is 3. The van der Waals surface area contributed by atoms with Crippen molar-refractivity contribution in [3.05, 3.63) is 419 Å². The first-order valence-electron chi connectivity index (χ1n) is 38.8. The van der Waals surface area contributed by atoms with Crippen molar-refractivity contribution in [2.75, 3.05) is 0 Å². The van der Waals surface area contributed by atoms with Crippen LogP contribution in [0.5, 0.6) is 0 Å². The summed E-state index contributed by atoms with van der Waals surface area (Å²) in [5, 5.41) is 14.4. The van der Waals surface area contributed by atoms with E-state index in [1.807, 2.05) is 36.4 Å². The molecule has 0 aliphatic carbocycles. The lowest BCUT2D eigenvalue weighted by atomic mass is 10.0.